The van der Waals surface area contributed by atoms with Crippen molar-refractivity contribution in [2.75, 3.05) is 7.11 Å². The maximum Gasteiger partial charge on any atom is 0.337 e. The summed E-state index contributed by atoms with van der Waals surface area (Å²) < 4.78 is 6.38. The van der Waals surface area contributed by atoms with Crippen molar-refractivity contribution in [3.05, 3.63) is 34.1 Å². The number of carbonyl (C=O) groups is 2. The number of carbonyl (C=O) groups excluding carboxylic acids is 2. The summed E-state index contributed by atoms with van der Waals surface area (Å²) in [6, 6.07) is 4.64. The largest absolute Gasteiger partial charge is 0.465 e. The van der Waals surface area contributed by atoms with Crippen LogP contribution in [-0.2, 0) is 4.74 Å². The highest BCUT2D eigenvalue weighted by Gasteiger charge is 2.26. The first-order valence-electron chi connectivity index (χ1n) is 6.05. The van der Waals surface area contributed by atoms with Crippen LogP contribution in [-0.4, -0.2) is 22.9 Å². The molecule has 0 unspecified atom stereocenters. The molecule has 0 atom stereocenters. The Morgan fingerprint density at radius 1 is 1.25 bits per heavy atom. The summed E-state index contributed by atoms with van der Waals surface area (Å²) >= 11 is 1.05. The molecule has 1 heterocycles. The van der Waals surface area contributed by atoms with Gasteiger partial charge >= 0.3 is 5.97 Å². The third-order valence-corrected chi connectivity index (χ3v) is 3.88. The van der Waals surface area contributed by atoms with E-state index in [0.29, 0.717) is 15.6 Å². The zero-order chi connectivity index (χ0) is 15.1. The second-order valence-corrected chi connectivity index (χ2v) is 6.44. The summed E-state index contributed by atoms with van der Waals surface area (Å²) in [4.78, 5) is 35.9. The highest BCUT2D eigenvalue weighted by atomic mass is 32.1. The lowest BCUT2D eigenvalue weighted by Crippen LogP contribution is -2.31. The maximum absolute atomic E-state index is 12.2. The Morgan fingerprint density at radius 3 is 2.45 bits per heavy atom. The zero-order valence-corrected chi connectivity index (χ0v) is 12.5. The van der Waals surface area contributed by atoms with Crippen LogP contribution in [0.4, 0.5) is 0 Å². The summed E-state index contributed by atoms with van der Waals surface area (Å²) in [5, 5.41) is 0.431. The molecule has 0 aliphatic heterocycles. The van der Waals surface area contributed by atoms with Gasteiger partial charge < -0.3 is 4.74 Å². The van der Waals surface area contributed by atoms with Gasteiger partial charge in [-0.15, -0.1) is 0 Å². The molecule has 0 aliphatic rings. The normalized spacial score (nSPS) is 11.6. The number of nitrogens with zero attached hydrogens (tertiary/aromatic N) is 1. The molecule has 20 heavy (non-hydrogen) atoms. The smallest absolute Gasteiger partial charge is 0.337 e. The van der Waals surface area contributed by atoms with Gasteiger partial charge in [0.15, 0.2) is 0 Å². The van der Waals surface area contributed by atoms with E-state index in [1.807, 2.05) is 0 Å². The van der Waals surface area contributed by atoms with E-state index in [-0.39, 0.29) is 11.5 Å². The number of hydrogen-bond acceptors (Lipinski definition) is 5. The predicted octanol–water partition coefficient (Wildman–Crippen LogP) is 2.54. The van der Waals surface area contributed by atoms with Crippen LogP contribution >= 0.6 is 11.5 Å². The van der Waals surface area contributed by atoms with E-state index in [1.54, 1.807) is 32.9 Å². The second-order valence-electron chi connectivity index (χ2n) is 5.45. The molecule has 0 fully saturated rings. The maximum atomic E-state index is 12.2. The number of rotatable bonds is 1. The molecule has 2 rings (SSSR count). The van der Waals surface area contributed by atoms with Gasteiger partial charge in [-0.1, -0.05) is 20.8 Å². The van der Waals surface area contributed by atoms with Crippen LogP contribution < -0.4 is 5.56 Å². The Balaban J connectivity index is 2.62. The molecule has 0 spiro atoms. The fraction of sp³-hybridized carbons (Fsp3) is 0.357. The Hall–Kier alpha value is -1.95. The minimum atomic E-state index is -0.643. The molecule has 0 radical (unpaired) electrons. The third kappa shape index (κ3) is 2.38. The monoisotopic (exact) mass is 293 g/mol. The Bertz CT molecular complexity index is 749. The van der Waals surface area contributed by atoms with Crippen molar-refractivity contribution < 1.29 is 14.3 Å². The van der Waals surface area contributed by atoms with Gasteiger partial charge in [0.1, 0.15) is 0 Å². The first kappa shape index (κ1) is 14.5. The molecule has 0 N–H and O–H groups in total. The van der Waals surface area contributed by atoms with Crippen molar-refractivity contribution >= 4 is 33.5 Å². The molecule has 0 saturated heterocycles. The van der Waals surface area contributed by atoms with E-state index in [0.717, 1.165) is 15.5 Å². The third-order valence-electron chi connectivity index (χ3n) is 2.83. The van der Waals surface area contributed by atoms with Crippen LogP contribution in [0.15, 0.2) is 23.0 Å². The van der Waals surface area contributed by atoms with E-state index in [1.165, 1.54) is 13.2 Å². The van der Waals surface area contributed by atoms with Crippen molar-refractivity contribution in [2.24, 2.45) is 5.41 Å². The lowest BCUT2D eigenvalue weighted by molar-refractivity contribution is 0.0600. The molecule has 0 aliphatic carbocycles. The summed E-state index contributed by atoms with van der Waals surface area (Å²) in [5.41, 5.74) is -0.631. The minimum absolute atomic E-state index is 0.261. The average molecular weight is 293 g/mol. The Morgan fingerprint density at radius 2 is 1.90 bits per heavy atom. The summed E-state index contributed by atoms with van der Waals surface area (Å²) in [6.07, 6.45) is 0. The van der Waals surface area contributed by atoms with E-state index >= 15 is 0 Å². The van der Waals surface area contributed by atoms with Gasteiger partial charge in [0.25, 0.3) is 5.56 Å². The molecule has 1 aromatic carbocycles. The molecule has 5 nitrogen and oxygen atoms in total. The standard InChI is InChI=1S/C14H15NO4S/c1-14(2,3)13(18)15-11(16)9-6-5-8(12(17)19-4)7-10(9)20-15/h5-7H,1-4H3. The number of ether oxygens (including phenoxy) is 1. The zero-order valence-electron chi connectivity index (χ0n) is 11.7. The van der Waals surface area contributed by atoms with E-state index in [2.05, 4.69) is 4.74 Å². The highest BCUT2D eigenvalue weighted by molar-refractivity contribution is 7.14. The first-order valence-corrected chi connectivity index (χ1v) is 6.82. The van der Waals surface area contributed by atoms with Gasteiger partial charge in [-0.25, -0.2) is 4.79 Å². The number of hydrogen-bond donors (Lipinski definition) is 0. The molecule has 6 heteroatoms. The van der Waals surface area contributed by atoms with Gasteiger partial charge in [-0.3, -0.25) is 9.59 Å². The van der Waals surface area contributed by atoms with E-state index in [9.17, 15) is 14.4 Å². The number of esters is 1. The summed E-state index contributed by atoms with van der Waals surface area (Å²) in [7, 11) is 1.29. The topological polar surface area (TPSA) is 65.4 Å². The summed E-state index contributed by atoms with van der Waals surface area (Å²) in [5.74, 6) is -0.732. The number of aromatic nitrogens is 1. The minimum Gasteiger partial charge on any atom is -0.465 e. The molecule has 2 aromatic rings. The number of benzene rings is 1. The van der Waals surface area contributed by atoms with Gasteiger partial charge in [-0.05, 0) is 29.7 Å². The number of fused-ring (bicyclic) bond motifs is 1. The van der Waals surface area contributed by atoms with Gasteiger partial charge in [-0.2, -0.15) is 3.96 Å². The highest BCUT2D eigenvalue weighted by Crippen LogP contribution is 2.23. The number of methoxy groups -OCH3 is 1. The van der Waals surface area contributed by atoms with Crippen LogP contribution in [0, 0.1) is 5.41 Å². The lowest BCUT2D eigenvalue weighted by Gasteiger charge is -2.15. The van der Waals surface area contributed by atoms with Crippen molar-refractivity contribution in [1.82, 2.24) is 3.96 Å². The van der Waals surface area contributed by atoms with Crippen molar-refractivity contribution in [3.63, 3.8) is 0 Å². The van der Waals surface area contributed by atoms with Crippen LogP contribution in [0.2, 0.25) is 0 Å². The fourth-order valence-corrected chi connectivity index (χ4v) is 2.87. The van der Waals surface area contributed by atoms with Crippen molar-refractivity contribution in [1.29, 1.82) is 0 Å². The SMILES string of the molecule is COC(=O)c1ccc2c(=O)n(C(=O)C(C)(C)C)sc2c1. The quantitative estimate of drug-likeness (QED) is 0.758. The molecular formula is C14H15NO4S. The van der Waals surface area contributed by atoms with Crippen molar-refractivity contribution in [2.45, 2.75) is 20.8 Å². The Labute approximate surface area is 119 Å². The lowest BCUT2D eigenvalue weighted by atomic mass is 9.96. The molecule has 0 bridgehead atoms. The van der Waals surface area contributed by atoms with Crippen LogP contribution in [0.5, 0.6) is 0 Å². The van der Waals surface area contributed by atoms with E-state index < -0.39 is 11.4 Å². The van der Waals surface area contributed by atoms with Crippen LogP contribution in [0.25, 0.3) is 10.1 Å². The van der Waals surface area contributed by atoms with E-state index in [4.69, 9.17) is 0 Å². The second kappa shape index (κ2) is 4.86. The van der Waals surface area contributed by atoms with Crippen LogP contribution in [0.1, 0.15) is 35.9 Å². The van der Waals surface area contributed by atoms with Gasteiger partial charge in [0.2, 0.25) is 5.91 Å². The summed E-state index contributed by atoms with van der Waals surface area (Å²) in [6.45, 7) is 5.27. The predicted molar refractivity (Wildman–Crippen MR) is 77.5 cm³/mol. The molecular weight excluding hydrogens is 278 g/mol. The molecule has 1 aromatic heterocycles. The average Bonchev–Trinajstić information content (AvgIpc) is 2.72. The first-order chi connectivity index (χ1) is 9.25. The van der Waals surface area contributed by atoms with Gasteiger partial charge in [0, 0.05) is 5.41 Å². The van der Waals surface area contributed by atoms with Crippen LogP contribution in [0.3, 0.4) is 0 Å². The Kier molecular flexibility index (Phi) is 3.52. The fourth-order valence-electron chi connectivity index (χ4n) is 1.71. The van der Waals surface area contributed by atoms with Crippen molar-refractivity contribution in [3.8, 4) is 0 Å². The molecule has 106 valence electrons. The molecule has 0 saturated carbocycles. The van der Waals surface area contributed by atoms with Gasteiger partial charge in [0.05, 0.1) is 22.8 Å². The molecule has 0 amide bonds.